The Morgan fingerprint density at radius 1 is 1.62 bits per heavy atom. The molecule has 0 aliphatic carbocycles. The number of hydrogen-bond acceptors (Lipinski definition) is 5. The maximum atomic E-state index is 9.13. The van der Waals surface area contributed by atoms with Crippen LogP contribution in [-0.2, 0) is 11.3 Å². The number of aliphatic hydroxyl groups is 1. The summed E-state index contributed by atoms with van der Waals surface area (Å²) in [7, 11) is 0. The molecule has 0 aromatic carbocycles. The van der Waals surface area contributed by atoms with Gasteiger partial charge >= 0.3 is 0 Å². The van der Waals surface area contributed by atoms with Crippen LogP contribution in [0.1, 0.15) is 17.6 Å². The Labute approximate surface area is 99.9 Å². The quantitative estimate of drug-likeness (QED) is 0.860. The lowest BCUT2D eigenvalue weighted by atomic mass is 10.2. The molecule has 1 fully saturated rings. The van der Waals surface area contributed by atoms with Crippen molar-refractivity contribution >= 4 is 11.3 Å². The van der Waals surface area contributed by atoms with E-state index in [4.69, 9.17) is 9.84 Å². The summed E-state index contributed by atoms with van der Waals surface area (Å²) in [4.78, 5) is 6.75. The standard InChI is InChI=1S/C11H18N2O2S/c1-8-7-16-11(12-8)5-13-3-9(2)15-10(4-13)6-14/h7,9-10,14H,3-6H2,1-2H3. The fourth-order valence-electron chi connectivity index (χ4n) is 2.04. The van der Waals surface area contributed by atoms with E-state index in [2.05, 4.69) is 15.3 Å². The third-order valence-corrected chi connectivity index (χ3v) is 3.58. The van der Waals surface area contributed by atoms with Crippen LogP contribution in [0.3, 0.4) is 0 Å². The number of thiazole rings is 1. The van der Waals surface area contributed by atoms with E-state index in [1.54, 1.807) is 11.3 Å². The van der Waals surface area contributed by atoms with Crippen molar-refractivity contribution in [1.29, 1.82) is 0 Å². The molecule has 1 saturated heterocycles. The van der Waals surface area contributed by atoms with Gasteiger partial charge in [0, 0.05) is 24.2 Å². The van der Waals surface area contributed by atoms with E-state index in [9.17, 15) is 0 Å². The molecule has 1 aliphatic rings. The van der Waals surface area contributed by atoms with Crippen molar-refractivity contribution in [2.75, 3.05) is 19.7 Å². The number of nitrogens with zero attached hydrogens (tertiary/aromatic N) is 2. The molecule has 5 heteroatoms. The minimum absolute atomic E-state index is 0.0511. The summed E-state index contributed by atoms with van der Waals surface area (Å²) in [5.41, 5.74) is 1.08. The molecule has 0 saturated carbocycles. The normalized spacial score (nSPS) is 27.2. The van der Waals surface area contributed by atoms with Gasteiger partial charge in [-0.1, -0.05) is 0 Å². The highest BCUT2D eigenvalue weighted by molar-refractivity contribution is 7.09. The monoisotopic (exact) mass is 242 g/mol. The van der Waals surface area contributed by atoms with Crippen LogP contribution in [0.5, 0.6) is 0 Å². The first-order chi connectivity index (χ1) is 7.67. The van der Waals surface area contributed by atoms with Crippen molar-refractivity contribution < 1.29 is 9.84 Å². The highest BCUT2D eigenvalue weighted by Gasteiger charge is 2.25. The molecule has 0 radical (unpaired) electrons. The van der Waals surface area contributed by atoms with E-state index in [0.717, 1.165) is 30.3 Å². The number of aromatic nitrogens is 1. The number of hydrogen-bond donors (Lipinski definition) is 1. The number of morpholine rings is 1. The van der Waals surface area contributed by atoms with Crippen molar-refractivity contribution in [3.8, 4) is 0 Å². The molecule has 2 atom stereocenters. The van der Waals surface area contributed by atoms with Gasteiger partial charge in [0.05, 0.1) is 25.4 Å². The smallest absolute Gasteiger partial charge is 0.107 e. The molecule has 0 spiro atoms. The highest BCUT2D eigenvalue weighted by atomic mass is 32.1. The van der Waals surface area contributed by atoms with Crippen LogP contribution in [0.4, 0.5) is 0 Å². The second-order valence-corrected chi connectivity index (χ2v) is 5.27. The Bertz CT molecular complexity index is 342. The maximum absolute atomic E-state index is 9.13. The molecule has 0 amide bonds. The van der Waals surface area contributed by atoms with Crippen molar-refractivity contribution in [3.05, 3.63) is 16.1 Å². The zero-order chi connectivity index (χ0) is 11.5. The third kappa shape index (κ3) is 3.01. The van der Waals surface area contributed by atoms with Crippen LogP contribution in [0.15, 0.2) is 5.38 Å². The number of rotatable bonds is 3. The second kappa shape index (κ2) is 5.23. The fraction of sp³-hybridized carbons (Fsp3) is 0.727. The predicted octanol–water partition coefficient (Wildman–Crippen LogP) is 1.03. The summed E-state index contributed by atoms with van der Waals surface area (Å²) < 4.78 is 5.60. The third-order valence-electron chi connectivity index (χ3n) is 2.63. The zero-order valence-corrected chi connectivity index (χ0v) is 10.5. The van der Waals surface area contributed by atoms with Gasteiger partial charge in [-0.15, -0.1) is 11.3 Å². The van der Waals surface area contributed by atoms with E-state index in [1.807, 2.05) is 13.8 Å². The maximum Gasteiger partial charge on any atom is 0.107 e. The summed E-state index contributed by atoms with van der Waals surface area (Å²) in [6, 6.07) is 0. The lowest BCUT2D eigenvalue weighted by Crippen LogP contribution is -2.47. The van der Waals surface area contributed by atoms with Gasteiger partial charge in [-0.05, 0) is 13.8 Å². The molecule has 4 nitrogen and oxygen atoms in total. The van der Waals surface area contributed by atoms with Crippen molar-refractivity contribution in [3.63, 3.8) is 0 Å². The lowest BCUT2D eigenvalue weighted by Gasteiger charge is -2.35. The zero-order valence-electron chi connectivity index (χ0n) is 9.72. The number of ether oxygens (including phenoxy) is 1. The van der Waals surface area contributed by atoms with Gasteiger partial charge in [-0.25, -0.2) is 4.98 Å². The summed E-state index contributed by atoms with van der Waals surface area (Å²) in [6.07, 6.45) is 0.136. The van der Waals surface area contributed by atoms with Crippen molar-refractivity contribution in [2.45, 2.75) is 32.6 Å². The predicted molar refractivity (Wildman–Crippen MR) is 63.5 cm³/mol. The average Bonchev–Trinajstić information content (AvgIpc) is 2.63. The summed E-state index contributed by atoms with van der Waals surface area (Å²) >= 11 is 1.70. The van der Waals surface area contributed by atoms with Gasteiger partial charge < -0.3 is 9.84 Å². The average molecular weight is 242 g/mol. The Morgan fingerprint density at radius 3 is 3.06 bits per heavy atom. The first-order valence-corrected chi connectivity index (χ1v) is 6.45. The van der Waals surface area contributed by atoms with Gasteiger partial charge in [-0.3, -0.25) is 4.90 Å². The van der Waals surface area contributed by atoms with Crippen molar-refractivity contribution in [1.82, 2.24) is 9.88 Å². The molecular weight excluding hydrogens is 224 g/mol. The van der Waals surface area contributed by atoms with Crippen LogP contribution in [-0.4, -0.2) is 46.9 Å². The number of aryl methyl sites for hydroxylation is 1. The van der Waals surface area contributed by atoms with Gasteiger partial charge in [-0.2, -0.15) is 0 Å². The Morgan fingerprint density at radius 2 is 2.44 bits per heavy atom. The molecule has 2 rings (SSSR count). The van der Waals surface area contributed by atoms with E-state index >= 15 is 0 Å². The molecular formula is C11H18N2O2S. The minimum atomic E-state index is -0.0511. The molecule has 16 heavy (non-hydrogen) atoms. The fourth-order valence-corrected chi connectivity index (χ4v) is 2.85. The minimum Gasteiger partial charge on any atom is -0.394 e. The Balaban J connectivity index is 1.93. The molecule has 1 aromatic heterocycles. The van der Waals surface area contributed by atoms with Crippen LogP contribution in [0.2, 0.25) is 0 Å². The first-order valence-electron chi connectivity index (χ1n) is 5.57. The molecule has 1 aromatic rings. The molecule has 2 heterocycles. The van der Waals surface area contributed by atoms with E-state index < -0.39 is 0 Å². The number of aliphatic hydroxyl groups excluding tert-OH is 1. The van der Waals surface area contributed by atoms with Gasteiger partial charge in [0.2, 0.25) is 0 Å². The summed E-state index contributed by atoms with van der Waals surface area (Å²) in [5.74, 6) is 0. The molecule has 1 aliphatic heterocycles. The van der Waals surface area contributed by atoms with E-state index in [0.29, 0.717) is 0 Å². The van der Waals surface area contributed by atoms with Crippen LogP contribution in [0.25, 0.3) is 0 Å². The first kappa shape index (κ1) is 12.0. The summed E-state index contributed by atoms with van der Waals surface area (Å²) in [6.45, 7) is 6.72. The van der Waals surface area contributed by atoms with Gasteiger partial charge in [0.15, 0.2) is 0 Å². The molecule has 1 N–H and O–H groups in total. The van der Waals surface area contributed by atoms with E-state index in [-0.39, 0.29) is 18.8 Å². The van der Waals surface area contributed by atoms with Crippen molar-refractivity contribution in [2.24, 2.45) is 0 Å². The Hall–Kier alpha value is -0.490. The lowest BCUT2D eigenvalue weighted by molar-refractivity contribution is -0.0972. The van der Waals surface area contributed by atoms with E-state index in [1.165, 1.54) is 0 Å². The Kier molecular flexibility index (Phi) is 3.91. The van der Waals surface area contributed by atoms with Gasteiger partial charge in [0.25, 0.3) is 0 Å². The SMILES string of the molecule is Cc1csc(CN2CC(C)OC(CO)C2)n1. The van der Waals surface area contributed by atoms with Crippen LogP contribution in [0, 0.1) is 6.92 Å². The molecule has 0 bridgehead atoms. The van der Waals surface area contributed by atoms with Gasteiger partial charge in [0.1, 0.15) is 5.01 Å². The summed E-state index contributed by atoms with van der Waals surface area (Å²) in [5, 5.41) is 12.3. The van der Waals surface area contributed by atoms with Crippen LogP contribution < -0.4 is 0 Å². The highest BCUT2D eigenvalue weighted by Crippen LogP contribution is 2.16. The van der Waals surface area contributed by atoms with Crippen LogP contribution >= 0.6 is 11.3 Å². The largest absolute Gasteiger partial charge is 0.394 e. The molecule has 90 valence electrons. The molecule has 2 unspecified atom stereocenters. The topological polar surface area (TPSA) is 45.6 Å². The second-order valence-electron chi connectivity index (χ2n) is 4.33.